The Labute approximate surface area is 64.3 Å². The van der Waals surface area contributed by atoms with Gasteiger partial charge in [-0.15, -0.1) is 0 Å². The van der Waals surface area contributed by atoms with E-state index in [9.17, 15) is 4.79 Å². The number of rotatable bonds is 0. The highest BCUT2D eigenvalue weighted by molar-refractivity contribution is 5.76. The maximum Gasteiger partial charge on any atom is 0.310 e. The fraction of sp³-hybridized carbons (Fsp3) is 0.500. The summed E-state index contributed by atoms with van der Waals surface area (Å²) in [6.07, 6.45) is 2.98. The molecule has 1 saturated heterocycles. The number of carbonyl (C=O) groups excluding carboxylic acids is 1. The highest BCUT2D eigenvalue weighted by Gasteiger charge is 2.37. The van der Waals surface area contributed by atoms with E-state index in [1.54, 1.807) is 6.08 Å². The van der Waals surface area contributed by atoms with Crippen molar-refractivity contribution in [2.45, 2.75) is 18.9 Å². The molecule has 2 aliphatic rings. The molecule has 0 N–H and O–H groups in total. The number of nitriles is 1. The molecule has 0 spiro atoms. The van der Waals surface area contributed by atoms with Gasteiger partial charge in [0.25, 0.3) is 0 Å². The minimum absolute atomic E-state index is 0.0420. The van der Waals surface area contributed by atoms with Gasteiger partial charge in [0.1, 0.15) is 6.10 Å². The van der Waals surface area contributed by atoms with E-state index in [-0.39, 0.29) is 18.0 Å². The van der Waals surface area contributed by atoms with Gasteiger partial charge in [-0.2, -0.15) is 5.26 Å². The van der Waals surface area contributed by atoms with Crippen LogP contribution in [0.15, 0.2) is 11.6 Å². The zero-order valence-corrected chi connectivity index (χ0v) is 5.91. The van der Waals surface area contributed by atoms with Gasteiger partial charge >= 0.3 is 5.97 Å². The first kappa shape index (κ1) is 6.41. The van der Waals surface area contributed by atoms with E-state index in [1.807, 2.05) is 0 Å². The maximum absolute atomic E-state index is 11.0. The van der Waals surface area contributed by atoms with E-state index < -0.39 is 0 Å². The molecule has 0 aromatic heterocycles. The van der Waals surface area contributed by atoms with Crippen molar-refractivity contribution >= 4 is 5.97 Å². The fourth-order valence-electron chi connectivity index (χ4n) is 1.58. The average Bonchev–Trinajstić information content (AvgIpc) is 2.26. The van der Waals surface area contributed by atoms with Crippen molar-refractivity contribution in [2.24, 2.45) is 5.92 Å². The molecule has 1 heterocycles. The zero-order chi connectivity index (χ0) is 7.84. The summed E-state index contributed by atoms with van der Waals surface area (Å²) in [6.45, 7) is 0. The molecule has 0 saturated carbocycles. The number of ether oxygens (including phenoxy) is 1. The molecule has 3 nitrogen and oxygen atoms in total. The Balaban J connectivity index is 2.27. The zero-order valence-electron chi connectivity index (χ0n) is 5.91. The third kappa shape index (κ3) is 0.911. The Morgan fingerprint density at radius 2 is 2.55 bits per heavy atom. The molecule has 2 bridgehead atoms. The van der Waals surface area contributed by atoms with E-state index in [1.165, 1.54) is 0 Å². The largest absolute Gasteiger partial charge is 0.458 e. The first-order valence-corrected chi connectivity index (χ1v) is 3.61. The van der Waals surface area contributed by atoms with Crippen molar-refractivity contribution in [3.05, 3.63) is 11.6 Å². The van der Waals surface area contributed by atoms with Gasteiger partial charge in [-0.05, 0) is 12.5 Å². The van der Waals surface area contributed by atoms with Crippen molar-refractivity contribution in [1.29, 1.82) is 5.26 Å². The topological polar surface area (TPSA) is 50.1 Å². The number of hydrogen-bond donors (Lipinski definition) is 0. The van der Waals surface area contributed by atoms with E-state index in [0.717, 1.165) is 6.42 Å². The first-order chi connectivity index (χ1) is 5.29. The van der Waals surface area contributed by atoms with Crippen LogP contribution in [0.1, 0.15) is 12.8 Å². The van der Waals surface area contributed by atoms with Crippen LogP contribution < -0.4 is 0 Å². The Bertz CT molecular complexity index is 274. The number of nitrogens with zero attached hydrogens (tertiary/aromatic N) is 1. The van der Waals surface area contributed by atoms with Gasteiger partial charge in [0.2, 0.25) is 0 Å². The Morgan fingerprint density at radius 3 is 3.18 bits per heavy atom. The van der Waals surface area contributed by atoms with Crippen LogP contribution in [-0.4, -0.2) is 12.1 Å². The monoisotopic (exact) mass is 149 g/mol. The third-order valence-electron chi connectivity index (χ3n) is 2.11. The predicted molar refractivity (Wildman–Crippen MR) is 36.3 cm³/mol. The van der Waals surface area contributed by atoms with Crippen LogP contribution in [0.25, 0.3) is 0 Å². The lowest BCUT2D eigenvalue weighted by Gasteiger charge is -2.08. The molecule has 3 heteroatoms. The molecule has 0 aromatic rings. The molecule has 1 aliphatic carbocycles. The average molecular weight is 149 g/mol. The van der Waals surface area contributed by atoms with Crippen LogP contribution in [-0.2, 0) is 9.53 Å². The Morgan fingerprint density at radius 1 is 1.73 bits per heavy atom. The van der Waals surface area contributed by atoms with E-state index in [0.29, 0.717) is 12.0 Å². The SMILES string of the molecule is N#CC1=C[C@@H]2C[C@H](C1)C(=O)O2. The normalized spacial score (nSPS) is 34.1. The van der Waals surface area contributed by atoms with Crippen molar-refractivity contribution in [3.63, 3.8) is 0 Å². The minimum atomic E-state index is -0.142. The molecule has 1 aliphatic heterocycles. The fourth-order valence-corrected chi connectivity index (χ4v) is 1.58. The number of fused-ring (bicyclic) bond motifs is 2. The third-order valence-corrected chi connectivity index (χ3v) is 2.11. The summed E-state index contributed by atoms with van der Waals surface area (Å²) in [5.74, 6) is -0.184. The van der Waals surface area contributed by atoms with E-state index in [2.05, 4.69) is 6.07 Å². The highest BCUT2D eigenvalue weighted by atomic mass is 16.5. The molecule has 2 rings (SSSR count). The van der Waals surface area contributed by atoms with E-state index in [4.69, 9.17) is 10.00 Å². The Hall–Kier alpha value is -1.30. The number of carbonyl (C=O) groups is 1. The van der Waals surface area contributed by atoms with Gasteiger partial charge in [-0.3, -0.25) is 4.79 Å². The van der Waals surface area contributed by atoms with Crippen molar-refractivity contribution < 1.29 is 9.53 Å². The quantitative estimate of drug-likeness (QED) is 0.478. The minimum Gasteiger partial charge on any atom is -0.458 e. The summed E-state index contributed by atoms with van der Waals surface area (Å²) < 4.78 is 4.95. The summed E-state index contributed by atoms with van der Waals surface area (Å²) in [4.78, 5) is 11.0. The molecule has 56 valence electrons. The summed E-state index contributed by atoms with van der Waals surface area (Å²) in [6, 6.07) is 2.05. The molecule has 0 radical (unpaired) electrons. The molecular weight excluding hydrogens is 142 g/mol. The van der Waals surface area contributed by atoms with Crippen LogP contribution in [0.5, 0.6) is 0 Å². The molecular formula is C8H7NO2. The summed E-state index contributed by atoms with van der Waals surface area (Å²) in [7, 11) is 0. The van der Waals surface area contributed by atoms with Gasteiger partial charge in [0.05, 0.1) is 12.0 Å². The van der Waals surface area contributed by atoms with Crippen LogP contribution in [0.4, 0.5) is 0 Å². The predicted octanol–water partition coefficient (Wildman–Crippen LogP) is 0.772. The smallest absolute Gasteiger partial charge is 0.310 e. The highest BCUT2D eigenvalue weighted by Crippen LogP contribution is 2.32. The standard InChI is InChI=1S/C8H7NO2/c9-4-5-1-6-3-7(2-5)11-8(6)10/h2,6-7H,1,3H2/t6-,7+/m0/s1. The van der Waals surface area contributed by atoms with Gasteiger partial charge < -0.3 is 4.74 Å². The van der Waals surface area contributed by atoms with Crippen LogP contribution >= 0.6 is 0 Å². The number of esters is 1. The van der Waals surface area contributed by atoms with Crippen molar-refractivity contribution in [3.8, 4) is 6.07 Å². The lowest BCUT2D eigenvalue weighted by Crippen LogP contribution is -2.09. The second-order valence-electron chi connectivity index (χ2n) is 2.92. The molecule has 1 fully saturated rings. The van der Waals surface area contributed by atoms with Gasteiger partial charge in [-0.1, -0.05) is 0 Å². The van der Waals surface area contributed by atoms with Gasteiger partial charge in [0.15, 0.2) is 0 Å². The molecule has 2 atom stereocenters. The first-order valence-electron chi connectivity index (χ1n) is 3.61. The maximum atomic E-state index is 11.0. The van der Waals surface area contributed by atoms with Crippen LogP contribution in [0.2, 0.25) is 0 Å². The van der Waals surface area contributed by atoms with Crippen LogP contribution in [0, 0.1) is 17.2 Å². The lowest BCUT2D eigenvalue weighted by molar-refractivity contribution is -0.142. The summed E-state index contributed by atoms with van der Waals surface area (Å²) >= 11 is 0. The Kier molecular flexibility index (Phi) is 1.22. The number of allylic oxidation sites excluding steroid dienone is 1. The second kappa shape index (κ2) is 2.09. The van der Waals surface area contributed by atoms with Crippen molar-refractivity contribution in [2.75, 3.05) is 0 Å². The molecule has 0 unspecified atom stereocenters. The van der Waals surface area contributed by atoms with Crippen LogP contribution in [0.3, 0.4) is 0 Å². The number of hydrogen-bond acceptors (Lipinski definition) is 3. The van der Waals surface area contributed by atoms with E-state index >= 15 is 0 Å². The summed E-state index contributed by atoms with van der Waals surface area (Å²) in [5.41, 5.74) is 0.692. The molecule has 0 aromatic carbocycles. The summed E-state index contributed by atoms with van der Waals surface area (Å²) in [5, 5.41) is 8.56. The van der Waals surface area contributed by atoms with Gasteiger partial charge in [-0.25, -0.2) is 0 Å². The van der Waals surface area contributed by atoms with Crippen molar-refractivity contribution in [1.82, 2.24) is 0 Å². The second-order valence-corrected chi connectivity index (χ2v) is 2.92. The molecule has 11 heavy (non-hydrogen) atoms. The lowest BCUT2D eigenvalue weighted by atomic mass is 9.91. The van der Waals surface area contributed by atoms with Gasteiger partial charge in [0, 0.05) is 12.0 Å². The molecule has 0 amide bonds.